The maximum absolute atomic E-state index is 12.9. The van der Waals surface area contributed by atoms with Crippen LogP contribution in [-0.2, 0) is 16.6 Å². The van der Waals surface area contributed by atoms with Gasteiger partial charge in [-0.05, 0) is 24.6 Å². The Bertz CT molecular complexity index is 488. The Morgan fingerprint density at radius 3 is 1.70 bits per heavy atom. The van der Waals surface area contributed by atoms with Gasteiger partial charge in [0.15, 0.2) is 5.60 Å². The van der Waals surface area contributed by atoms with Gasteiger partial charge in [0.1, 0.15) is 5.78 Å². The predicted molar refractivity (Wildman–Crippen MR) is 56.7 cm³/mol. The number of halogens is 6. The molecule has 0 spiro atoms. The normalized spacial score (nSPS) is 15.8. The molecule has 0 saturated heterocycles. The Morgan fingerprint density at radius 1 is 1.00 bits per heavy atom. The van der Waals surface area contributed by atoms with Crippen LogP contribution >= 0.6 is 0 Å². The minimum Gasteiger partial charge on any atom is -0.376 e. The first-order valence-electron chi connectivity index (χ1n) is 5.34. The van der Waals surface area contributed by atoms with E-state index in [1.165, 1.54) is 0 Å². The highest BCUT2D eigenvalue weighted by Crippen LogP contribution is 2.42. The van der Waals surface area contributed by atoms with Crippen molar-refractivity contribution in [3.8, 4) is 0 Å². The van der Waals surface area contributed by atoms with Crippen molar-refractivity contribution >= 4 is 5.78 Å². The van der Waals surface area contributed by atoms with Crippen LogP contribution in [0.2, 0.25) is 0 Å². The van der Waals surface area contributed by atoms with Crippen LogP contribution in [0.4, 0.5) is 26.3 Å². The molecule has 1 N–H and O–H groups in total. The van der Waals surface area contributed by atoms with E-state index in [0.717, 1.165) is 6.92 Å². The van der Waals surface area contributed by atoms with Gasteiger partial charge in [0, 0.05) is 6.42 Å². The van der Waals surface area contributed by atoms with Gasteiger partial charge in [0.05, 0.1) is 5.56 Å². The first kappa shape index (κ1) is 16.5. The predicted octanol–water partition coefficient (Wildman–Crippen LogP) is 3.43. The fraction of sp³-hybridized carbons (Fsp3) is 0.417. The topological polar surface area (TPSA) is 37.3 Å². The van der Waals surface area contributed by atoms with E-state index >= 15 is 0 Å². The fourth-order valence-electron chi connectivity index (χ4n) is 1.66. The molecule has 0 unspecified atom stereocenters. The van der Waals surface area contributed by atoms with Gasteiger partial charge in [0.2, 0.25) is 0 Å². The summed E-state index contributed by atoms with van der Waals surface area (Å²) < 4.78 is 75.5. The van der Waals surface area contributed by atoms with E-state index in [1.54, 1.807) is 0 Å². The molecule has 20 heavy (non-hydrogen) atoms. The van der Waals surface area contributed by atoms with Gasteiger partial charge in [-0.3, -0.25) is 4.79 Å². The van der Waals surface area contributed by atoms with Crippen LogP contribution in [0.5, 0.6) is 0 Å². The Kier molecular flexibility index (Phi) is 4.19. The van der Waals surface area contributed by atoms with Crippen LogP contribution in [0, 0.1) is 0 Å². The van der Waals surface area contributed by atoms with Crippen LogP contribution in [0.15, 0.2) is 24.3 Å². The number of rotatable bonds is 3. The monoisotopic (exact) mass is 300 g/mol. The summed E-state index contributed by atoms with van der Waals surface area (Å²) in [5.41, 5.74) is -5.45. The third-order valence-electron chi connectivity index (χ3n) is 2.66. The van der Waals surface area contributed by atoms with E-state index in [2.05, 4.69) is 0 Å². The largest absolute Gasteiger partial charge is 0.421 e. The molecule has 0 aliphatic heterocycles. The molecule has 1 aromatic rings. The Hall–Kier alpha value is -1.57. The number of benzene rings is 1. The molecule has 0 bridgehead atoms. The second-order valence-corrected chi connectivity index (χ2v) is 4.31. The molecule has 8 heteroatoms. The second-order valence-electron chi connectivity index (χ2n) is 4.31. The highest BCUT2D eigenvalue weighted by molar-refractivity contribution is 5.77. The lowest BCUT2D eigenvalue weighted by Gasteiger charge is -2.30. The summed E-state index contributed by atoms with van der Waals surface area (Å²) in [5, 5.41) is 9.66. The zero-order valence-electron chi connectivity index (χ0n) is 10.1. The van der Waals surface area contributed by atoms with Crippen molar-refractivity contribution < 1.29 is 36.2 Å². The highest BCUT2D eigenvalue weighted by atomic mass is 19.4. The average molecular weight is 300 g/mol. The van der Waals surface area contributed by atoms with Crippen LogP contribution in [0.3, 0.4) is 0 Å². The summed E-state index contributed by atoms with van der Waals surface area (Å²) in [6, 6.07) is 1.87. The smallest absolute Gasteiger partial charge is 0.376 e. The first-order chi connectivity index (χ1) is 8.88. The van der Waals surface area contributed by atoms with Gasteiger partial charge in [-0.25, -0.2) is 0 Å². The third-order valence-corrected chi connectivity index (χ3v) is 2.66. The minimum absolute atomic E-state index is 0.423. The van der Waals surface area contributed by atoms with E-state index in [-0.39, 0.29) is 0 Å². The molecule has 1 atom stereocenters. The average Bonchev–Trinajstić information content (AvgIpc) is 2.25. The molecule has 0 fully saturated rings. The molecule has 0 amide bonds. The van der Waals surface area contributed by atoms with Crippen LogP contribution in [0.1, 0.15) is 24.5 Å². The summed E-state index contributed by atoms with van der Waals surface area (Å²) in [6.07, 6.45) is -11.1. The summed E-state index contributed by atoms with van der Waals surface area (Å²) in [6.45, 7) is 0.848. The van der Waals surface area contributed by atoms with E-state index in [0.29, 0.717) is 24.3 Å². The van der Waals surface area contributed by atoms with E-state index < -0.39 is 41.3 Å². The third kappa shape index (κ3) is 3.30. The van der Waals surface area contributed by atoms with Crippen molar-refractivity contribution in [1.82, 2.24) is 0 Å². The van der Waals surface area contributed by atoms with E-state index in [1.807, 2.05) is 0 Å². The number of hydrogen-bond acceptors (Lipinski definition) is 2. The van der Waals surface area contributed by atoms with Crippen LogP contribution < -0.4 is 0 Å². The lowest BCUT2D eigenvalue weighted by molar-refractivity contribution is -0.267. The number of ketones is 1. The standard InChI is InChI=1S/C12H10F6O2/c1-7(19)6-10(20,12(16,17)18)8-2-4-9(5-3-8)11(13,14)15/h2-5,20H,6H2,1H3/t10-/m0/s1. The molecular formula is C12H10F6O2. The summed E-state index contributed by atoms with van der Waals surface area (Å²) in [4.78, 5) is 10.9. The van der Waals surface area contributed by atoms with Crippen molar-refractivity contribution in [3.63, 3.8) is 0 Å². The zero-order valence-corrected chi connectivity index (χ0v) is 10.1. The second kappa shape index (κ2) is 5.08. The molecule has 112 valence electrons. The lowest BCUT2D eigenvalue weighted by Crippen LogP contribution is -2.43. The van der Waals surface area contributed by atoms with E-state index in [4.69, 9.17) is 0 Å². The summed E-state index contributed by atoms with van der Waals surface area (Å²) >= 11 is 0. The van der Waals surface area contributed by atoms with Gasteiger partial charge in [-0.15, -0.1) is 0 Å². The van der Waals surface area contributed by atoms with Crippen molar-refractivity contribution in [2.45, 2.75) is 31.3 Å². The SMILES string of the molecule is CC(=O)C[C@](O)(c1ccc(C(F)(F)F)cc1)C(F)(F)F. The number of aliphatic hydroxyl groups is 1. The number of hydrogen-bond donors (Lipinski definition) is 1. The van der Waals surface area contributed by atoms with Crippen molar-refractivity contribution in [3.05, 3.63) is 35.4 Å². The van der Waals surface area contributed by atoms with Gasteiger partial charge in [-0.1, -0.05) is 12.1 Å². The highest BCUT2D eigenvalue weighted by Gasteiger charge is 2.55. The Balaban J connectivity index is 3.26. The number of alkyl halides is 6. The molecule has 0 aliphatic carbocycles. The maximum atomic E-state index is 12.9. The molecule has 2 nitrogen and oxygen atoms in total. The van der Waals surface area contributed by atoms with Gasteiger partial charge < -0.3 is 5.11 Å². The fourth-order valence-corrected chi connectivity index (χ4v) is 1.66. The Labute approximate surface area is 110 Å². The van der Waals surface area contributed by atoms with Crippen molar-refractivity contribution in [1.29, 1.82) is 0 Å². The quantitative estimate of drug-likeness (QED) is 0.868. The van der Waals surface area contributed by atoms with Crippen LogP contribution in [0.25, 0.3) is 0 Å². The molecule has 0 saturated carbocycles. The molecule has 0 aromatic heterocycles. The summed E-state index contributed by atoms with van der Waals surface area (Å²) in [5.74, 6) is -0.940. The molecular weight excluding hydrogens is 290 g/mol. The molecule has 1 aromatic carbocycles. The molecule has 0 radical (unpaired) electrons. The number of Topliss-reactive ketones (excluding diaryl/α,β-unsaturated/α-hetero) is 1. The van der Waals surface area contributed by atoms with Gasteiger partial charge in [-0.2, -0.15) is 26.3 Å². The van der Waals surface area contributed by atoms with Gasteiger partial charge in [0.25, 0.3) is 0 Å². The zero-order chi connectivity index (χ0) is 15.8. The molecule has 0 heterocycles. The molecule has 1 rings (SSSR count). The van der Waals surface area contributed by atoms with E-state index in [9.17, 15) is 36.2 Å². The summed E-state index contributed by atoms with van der Waals surface area (Å²) in [7, 11) is 0. The molecule has 0 aliphatic rings. The first-order valence-corrected chi connectivity index (χ1v) is 5.34. The van der Waals surface area contributed by atoms with Crippen molar-refractivity contribution in [2.24, 2.45) is 0 Å². The number of carbonyl (C=O) groups excluding carboxylic acids is 1. The maximum Gasteiger partial charge on any atom is 0.421 e. The minimum atomic E-state index is -5.18. The van der Waals surface area contributed by atoms with Crippen LogP contribution in [-0.4, -0.2) is 17.1 Å². The van der Waals surface area contributed by atoms with Crippen molar-refractivity contribution in [2.75, 3.05) is 0 Å². The lowest BCUT2D eigenvalue weighted by atomic mass is 9.87. The number of carbonyl (C=O) groups is 1. The van der Waals surface area contributed by atoms with Gasteiger partial charge >= 0.3 is 12.4 Å². The Morgan fingerprint density at radius 2 is 1.40 bits per heavy atom.